The molecule has 21 heavy (non-hydrogen) atoms. The minimum Gasteiger partial charge on any atom is -0.315 e. The predicted octanol–water partition coefficient (Wildman–Crippen LogP) is 4.15. The third-order valence-corrected chi connectivity index (χ3v) is 4.80. The molecular weight excluding hydrogens is 282 g/mol. The van der Waals surface area contributed by atoms with E-state index in [1.165, 1.54) is 11.1 Å². The molecule has 0 spiro atoms. The van der Waals surface area contributed by atoms with Crippen LogP contribution in [0.15, 0.2) is 36.4 Å². The van der Waals surface area contributed by atoms with Crippen LogP contribution >= 0.6 is 11.6 Å². The standard InChI is InChI=1S/C18H18ClNO/c1-11-4-5-13(8-12(11)2)18(19)14-6-7-16-15(9-14)10-17(21)20(16)3/h4-9,18H,10H2,1-3H3. The minimum absolute atomic E-state index is 0.138. The Hall–Kier alpha value is -1.80. The van der Waals surface area contributed by atoms with E-state index in [1.807, 2.05) is 19.2 Å². The van der Waals surface area contributed by atoms with Crippen LogP contribution in [-0.4, -0.2) is 13.0 Å². The predicted molar refractivity (Wildman–Crippen MR) is 87.2 cm³/mol. The molecule has 0 saturated heterocycles. The molecule has 3 heteroatoms. The molecule has 3 rings (SSSR count). The molecule has 0 fully saturated rings. The van der Waals surface area contributed by atoms with Gasteiger partial charge in [0.05, 0.1) is 11.8 Å². The van der Waals surface area contributed by atoms with Gasteiger partial charge in [0.2, 0.25) is 5.91 Å². The highest BCUT2D eigenvalue weighted by atomic mass is 35.5. The van der Waals surface area contributed by atoms with Gasteiger partial charge in [0.1, 0.15) is 0 Å². The first-order valence-corrected chi connectivity index (χ1v) is 7.51. The first kappa shape index (κ1) is 14.2. The Balaban J connectivity index is 1.96. The molecule has 2 aromatic carbocycles. The number of alkyl halides is 1. The molecule has 1 aliphatic rings. The number of likely N-dealkylation sites (N-methyl/N-ethyl adjacent to an activating group) is 1. The van der Waals surface area contributed by atoms with Crippen LogP contribution in [0, 0.1) is 13.8 Å². The van der Waals surface area contributed by atoms with Crippen molar-refractivity contribution < 1.29 is 4.79 Å². The highest BCUT2D eigenvalue weighted by molar-refractivity contribution is 6.22. The summed E-state index contributed by atoms with van der Waals surface area (Å²) in [6, 6.07) is 12.4. The van der Waals surface area contributed by atoms with E-state index in [-0.39, 0.29) is 11.3 Å². The number of hydrogen-bond acceptors (Lipinski definition) is 1. The lowest BCUT2D eigenvalue weighted by Crippen LogP contribution is -2.20. The van der Waals surface area contributed by atoms with Crippen molar-refractivity contribution in [3.63, 3.8) is 0 Å². The first-order chi connectivity index (χ1) is 9.97. The number of halogens is 1. The summed E-state index contributed by atoms with van der Waals surface area (Å²) in [6.45, 7) is 4.19. The molecule has 1 heterocycles. The monoisotopic (exact) mass is 299 g/mol. The van der Waals surface area contributed by atoms with Crippen molar-refractivity contribution in [1.29, 1.82) is 0 Å². The fourth-order valence-corrected chi connectivity index (χ4v) is 3.03. The minimum atomic E-state index is -0.185. The summed E-state index contributed by atoms with van der Waals surface area (Å²) in [4.78, 5) is 13.5. The zero-order chi connectivity index (χ0) is 15.1. The number of amides is 1. The molecule has 1 aliphatic heterocycles. The number of rotatable bonds is 2. The second-order valence-electron chi connectivity index (χ2n) is 5.72. The van der Waals surface area contributed by atoms with Gasteiger partial charge >= 0.3 is 0 Å². The van der Waals surface area contributed by atoms with Crippen LogP contribution < -0.4 is 4.90 Å². The van der Waals surface area contributed by atoms with Gasteiger partial charge in [0, 0.05) is 12.7 Å². The van der Waals surface area contributed by atoms with Gasteiger partial charge in [0.25, 0.3) is 0 Å². The Labute approximate surface area is 130 Å². The maximum absolute atomic E-state index is 11.8. The van der Waals surface area contributed by atoms with Gasteiger partial charge < -0.3 is 4.90 Å². The Kier molecular flexibility index (Phi) is 3.50. The maximum Gasteiger partial charge on any atom is 0.231 e. The topological polar surface area (TPSA) is 20.3 Å². The van der Waals surface area contributed by atoms with Gasteiger partial charge in [-0.15, -0.1) is 11.6 Å². The molecule has 0 aliphatic carbocycles. The molecule has 1 unspecified atom stereocenters. The molecular formula is C18H18ClNO. The molecule has 0 saturated carbocycles. The SMILES string of the molecule is Cc1ccc(C(Cl)c2ccc3c(c2)CC(=O)N3C)cc1C. The summed E-state index contributed by atoms with van der Waals surface area (Å²) in [6.07, 6.45) is 0.468. The van der Waals surface area contributed by atoms with E-state index >= 15 is 0 Å². The van der Waals surface area contributed by atoms with Crippen LogP contribution in [0.5, 0.6) is 0 Å². The third kappa shape index (κ3) is 2.44. The van der Waals surface area contributed by atoms with Crippen molar-refractivity contribution in [2.24, 2.45) is 0 Å². The summed E-state index contributed by atoms with van der Waals surface area (Å²) in [5, 5.41) is -0.185. The maximum atomic E-state index is 11.8. The molecule has 0 bridgehead atoms. The highest BCUT2D eigenvalue weighted by Crippen LogP contribution is 2.35. The second kappa shape index (κ2) is 5.19. The second-order valence-corrected chi connectivity index (χ2v) is 6.16. The summed E-state index contributed by atoms with van der Waals surface area (Å²) in [5.74, 6) is 0.138. The quantitative estimate of drug-likeness (QED) is 0.763. The molecule has 2 aromatic rings. The van der Waals surface area contributed by atoms with Gasteiger partial charge in [0.15, 0.2) is 0 Å². The van der Waals surface area contributed by atoms with E-state index in [4.69, 9.17) is 11.6 Å². The number of anilines is 1. The summed E-state index contributed by atoms with van der Waals surface area (Å²) in [5.41, 5.74) is 6.71. The lowest BCUT2D eigenvalue weighted by Gasteiger charge is -2.15. The largest absolute Gasteiger partial charge is 0.315 e. The van der Waals surface area contributed by atoms with Crippen molar-refractivity contribution in [2.45, 2.75) is 25.6 Å². The third-order valence-electron chi connectivity index (χ3n) is 4.30. The normalized spacial score (nSPS) is 15.2. The van der Waals surface area contributed by atoms with Crippen LogP contribution in [0.4, 0.5) is 5.69 Å². The number of hydrogen-bond donors (Lipinski definition) is 0. The van der Waals surface area contributed by atoms with Gasteiger partial charge in [-0.25, -0.2) is 0 Å². The van der Waals surface area contributed by atoms with E-state index in [2.05, 4.69) is 38.1 Å². The van der Waals surface area contributed by atoms with Crippen LogP contribution in [-0.2, 0) is 11.2 Å². The fourth-order valence-electron chi connectivity index (χ4n) is 2.76. The average molecular weight is 300 g/mol. The molecule has 1 amide bonds. The van der Waals surface area contributed by atoms with E-state index in [0.717, 1.165) is 22.4 Å². The number of fused-ring (bicyclic) bond motifs is 1. The molecule has 0 aromatic heterocycles. The first-order valence-electron chi connectivity index (χ1n) is 7.08. The van der Waals surface area contributed by atoms with Crippen molar-refractivity contribution in [2.75, 3.05) is 11.9 Å². The van der Waals surface area contributed by atoms with E-state index in [9.17, 15) is 4.79 Å². The number of benzene rings is 2. The van der Waals surface area contributed by atoms with Crippen molar-refractivity contribution in [1.82, 2.24) is 0 Å². The van der Waals surface area contributed by atoms with Crippen LogP contribution in [0.25, 0.3) is 0 Å². The van der Waals surface area contributed by atoms with E-state index < -0.39 is 0 Å². The van der Waals surface area contributed by atoms with Crippen molar-refractivity contribution in [3.8, 4) is 0 Å². The van der Waals surface area contributed by atoms with Crippen molar-refractivity contribution in [3.05, 3.63) is 64.2 Å². The smallest absolute Gasteiger partial charge is 0.231 e. The van der Waals surface area contributed by atoms with Gasteiger partial charge in [-0.1, -0.05) is 30.3 Å². The lowest BCUT2D eigenvalue weighted by molar-refractivity contribution is -0.117. The highest BCUT2D eigenvalue weighted by Gasteiger charge is 2.25. The van der Waals surface area contributed by atoms with Crippen molar-refractivity contribution >= 4 is 23.2 Å². The van der Waals surface area contributed by atoms with Crippen LogP contribution in [0.1, 0.15) is 33.2 Å². The molecule has 1 atom stereocenters. The summed E-state index contributed by atoms with van der Waals surface area (Å²) < 4.78 is 0. The number of carbonyl (C=O) groups is 1. The van der Waals surface area contributed by atoms with Gasteiger partial charge in [-0.3, -0.25) is 4.79 Å². The number of aryl methyl sites for hydroxylation is 2. The molecule has 0 N–H and O–H groups in total. The number of carbonyl (C=O) groups excluding carboxylic acids is 1. The van der Waals surface area contributed by atoms with E-state index in [0.29, 0.717) is 6.42 Å². The lowest BCUT2D eigenvalue weighted by atomic mass is 9.98. The Morgan fingerprint density at radius 3 is 2.43 bits per heavy atom. The average Bonchev–Trinajstić information content (AvgIpc) is 2.76. The zero-order valence-corrected chi connectivity index (χ0v) is 13.2. The Morgan fingerprint density at radius 2 is 1.71 bits per heavy atom. The summed E-state index contributed by atoms with van der Waals surface area (Å²) >= 11 is 6.63. The van der Waals surface area contributed by atoms with Crippen LogP contribution in [0.3, 0.4) is 0 Å². The fraction of sp³-hybridized carbons (Fsp3) is 0.278. The van der Waals surface area contributed by atoms with Gasteiger partial charge in [-0.2, -0.15) is 0 Å². The zero-order valence-electron chi connectivity index (χ0n) is 12.5. The Morgan fingerprint density at radius 1 is 1.05 bits per heavy atom. The number of nitrogens with zero attached hydrogens (tertiary/aromatic N) is 1. The molecule has 2 nitrogen and oxygen atoms in total. The van der Waals surface area contributed by atoms with E-state index in [1.54, 1.807) is 4.90 Å². The molecule has 108 valence electrons. The summed E-state index contributed by atoms with van der Waals surface area (Å²) in [7, 11) is 1.81. The van der Waals surface area contributed by atoms with Crippen LogP contribution in [0.2, 0.25) is 0 Å². The molecule has 0 radical (unpaired) electrons. The Bertz CT molecular complexity index is 723. The van der Waals surface area contributed by atoms with Gasteiger partial charge in [-0.05, 0) is 47.7 Å².